The van der Waals surface area contributed by atoms with Crippen LogP contribution in [0, 0.1) is 11.8 Å². The van der Waals surface area contributed by atoms with Gasteiger partial charge < -0.3 is 9.84 Å². The fraction of sp³-hybridized carbons (Fsp3) is 0.273. The van der Waals surface area contributed by atoms with Gasteiger partial charge in [0.1, 0.15) is 11.5 Å². The van der Waals surface area contributed by atoms with Gasteiger partial charge in [0.05, 0.1) is 7.11 Å². The summed E-state index contributed by atoms with van der Waals surface area (Å²) in [5.74, 6) is -0.459. The molecule has 1 aliphatic heterocycles. The van der Waals surface area contributed by atoms with Crippen molar-refractivity contribution in [1.82, 2.24) is 0 Å². The second kappa shape index (κ2) is 3.73. The van der Waals surface area contributed by atoms with Crippen LogP contribution in [0.4, 0.5) is 0 Å². The number of hydrogen-bond donors (Lipinski definition) is 1. The highest BCUT2D eigenvalue weighted by Gasteiger charge is 2.33. The van der Waals surface area contributed by atoms with Gasteiger partial charge in [-0.3, -0.25) is 4.99 Å². The van der Waals surface area contributed by atoms with Crippen LogP contribution >= 0.6 is 0 Å². The summed E-state index contributed by atoms with van der Waals surface area (Å²) in [4.78, 5) is 14.8. The Morgan fingerprint density at radius 1 is 1.47 bits per heavy atom. The normalized spacial score (nSPS) is 27.8. The molecule has 2 atom stereocenters. The van der Waals surface area contributed by atoms with Gasteiger partial charge in [-0.15, -0.1) is 0 Å². The maximum atomic E-state index is 10.9. The molecule has 0 aromatic heterocycles. The van der Waals surface area contributed by atoms with Gasteiger partial charge in [-0.05, 0) is 6.08 Å². The van der Waals surface area contributed by atoms with Crippen molar-refractivity contribution in [3.05, 3.63) is 36.3 Å². The van der Waals surface area contributed by atoms with E-state index in [0.29, 0.717) is 0 Å². The molecule has 1 heterocycles. The minimum Gasteiger partial charge on any atom is -0.500 e. The molecule has 0 amide bonds. The van der Waals surface area contributed by atoms with Gasteiger partial charge >= 0.3 is 5.97 Å². The Labute approximate surface area is 87.3 Å². The van der Waals surface area contributed by atoms with Crippen LogP contribution in [0.15, 0.2) is 41.3 Å². The fourth-order valence-corrected chi connectivity index (χ4v) is 1.86. The van der Waals surface area contributed by atoms with E-state index >= 15 is 0 Å². The van der Waals surface area contributed by atoms with Crippen LogP contribution < -0.4 is 0 Å². The zero-order valence-electron chi connectivity index (χ0n) is 8.25. The average Bonchev–Trinajstić information content (AvgIpc) is 2.27. The van der Waals surface area contributed by atoms with E-state index in [1.165, 1.54) is 6.20 Å². The monoisotopic (exact) mass is 205 g/mol. The number of allylic oxidation sites excluding steroid dienone is 4. The van der Waals surface area contributed by atoms with Crippen molar-refractivity contribution in [3.8, 4) is 0 Å². The van der Waals surface area contributed by atoms with Crippen molar-refractivity contribution in [2.45, 2.75) is 0 Å². The second-order valence-corrected chi connectivity index (χ2v) is 3.37. The average molecular weight is 205 g/mol. The minimum absolute atomic E-state index is 0.0383. The third-order valence-electron chi connectivity index (χ3n) is 2.57. The molecule has 2 rings (SSSR count). The number of aliphatic imine (C=N–C) groups is 1. The number of nitrogens with zero attached hydrogens (tertiary/aromatic N) is 1. The predicted molar refractivity (Wildman–Crippen MR) is 55.4 cm³/mol. The van der Waals surface area contributed by atoms with Crippen LogP contribution in [0.3, 0.4) is 0 Å². The SMILES string of the molecule is COC1=CC=C[C@@H]2C(C(=O)O)=NC=CC12. The molecule has 15 heavy (non-hydrogen) atoms. The third kappa shape index (κ3) is 1.58. The van der Waals surface area contributed by atoms with E-state index in [1.807, 2.05) is 18.2 Å². The van der Waals surface area contributed by atoms with Crippen LogP contribution in [-0.4, -0.2) is 23.9 Å². The molecule has 0 saturated heterocycles. The molecule has 0 saturated carbocycles. The number of rotatable bonds is 2. The zero-order valence-corrected chi connectivity index (χ0v) is 8.25. The van der Waals surface area contributed by atoms with Gasteiger partial charge in [0.25, 0.3) is 0 Å². The lowest BCUT2D eigenvalue weighted by molar-refractivity contribution is -0.129. The van der Waals surface area contributed by atoms with E-state index in [-0.39, 0.29) is 17.5 Å². The summed E-state index contributed by atoms with van der Waals surface area (Å²) >= 11 is 0. The fourth-order valence-electron chi connectivity index (χ4n) is 1.86. The van der Waals surface area contributed by atoms with Crippen LogP contribution in [0.1, 0.15) is 0 Å². The summed E-state index contributed by atoms with van der Waals surface area (Å²) < 4.78 is 5.20. The third-order valence-corrected chi connectivity index (χ3v) is 2.57. The van der Waals surface area contributed by atoms with E-state index in [4.69, 9.17) is 9.84 Å². The minimum atomic E-state index is -0.976. The lowest BCUT2D eigenvalue weighted by Gasteiger charge is -2.27. The van der Waals surface area contributed by atoms with Crippen molar-refractivity contribution >= 4 is 11.7 Å². The summed E-state index contributed by atoms with van der Waals surface area (Å²) in [5.41, 5.74) is 0.168. The molecule has 2 aliphatic rings. The molecule has 78 valence electrons. The van der Waals surface area contributed by atoms with Crippen molar-refractivity contribution in [2.24, 2.45) is 16.8 Å². The number of aliphatic carboxylic acids is 1. The van der Waals surface area contributed by atoms with E-state index in [0.717, 1.165) is 5.76 Å². The Kier molecular flexibility index (Phi) is 2.41. The molecule has 0 spiro atoms. The molecule has 1 aliphatic carbocycles. The lowest BCUT2D eigenvalue weighted by atomic mass is 9.82. The topological polar surface area (TPSA) is 58.9 Å². The quantitative estimate of drug-likeness (QED) is 0.740. The highest BCUT2D eigenvalue weighted by molar-refractivity contribution is 6.37. The van der Waals surface area contributed by atoms with Gasteiger partial charge in [0.2, 0.25) is 0 Å². The number of hydrogen-bond acceptors (Lipinski definition) is 3. The summed E-state index contributed by atoms with van der Waals surface area (Å²) in [5, 5.41) is 8.98. The van der Waals surface area contributed by atoms with Crippen LogP contribution in [0.2, 0.25) is 0 Å². The number of carboxylic acid groups (broad SMARTS) is 1. The first kappa shape index (κ1) is 9.71. The number of ether oxygens (including phenoxy) is 1. The van der Waals surface area contributed by atoms with Crippen molar-refractivity contribution < 1.29 is 14.6 Å². The van der Waals surface area contributed by atoms with Gasteiger partial charge in [0.15, 0.2) is 0 Å². The molecule has 0 fully saturated rings. The van der Waals surface area contributed by atoms with Crippen molar-refractivity contribution in [3.63, 3.8) is 0 Å². The summed E-state index contributed by atoms with van der Waals surface area (Å²) in [6.45, 7) is 0. The van der Waals surface area contributed by atoms with E-state index in [9.17, 15) is 4.79 Å². The molecule has 0 aromatic carbocycles. The van der Waals surface area contributed by atoms with Crippen molar-refractivity contribution in [2.75, 3.05) is 7.11 Å². The first-order valence-corrected chi connectivity index (χ1v) is 4.64. The Morgan fingerprint density at radius 3 is 2.93 bits per heavy atom. The van der Waals surface area contributed by atoms with Gasteiger partial charge in [0, 0.05) is 18.0 Å². The maximum absolute atomic E-state index is 10.9. The molecule has 4 heteroatoms. The Morgan fingerprint density at radius 2 is 2.27 bits per heavy atom. The molecular weight excluding hydrogens is 194 g/mol. The number of carbonyl (C=O) groups is 1. The van der Waals surface area contributed by atoms with Crippen LogP contribution in [-0.2, 0) is 9.53 Å². The number of carboxylic acids is 1. The predicted octanol–water partition coefficient (Wildman–Crippen LogP) is 1.37. The standard InChI is InChI=1S/C11H11NO3/c1-15-9-4-2-3-8-7(9)5-6-12-10(8)11(13)14/h2-8H,1H3,(H,13,14)/t7?,8-/m0/s1. The zero-order chi connectivity index (χ0) is 10.8. The summed E-state index contributed by atoms with van der Waals surface area (Å²) in [6, 6.07) is 0. The maximum Gasteiger partial charge on any atom is 0.350 e. The van der Waals surface area contributed by atoms with E-state index < -0.39 is 5.97 Å². The molecule has 1 N–H and O–H groups in total. The van der Waals surface area contributed by atoms with E-state index in [1.54, 1.807) is 13.2 Å². The highest BCUT2D eigenvalue weighted by Crippen LogP contribution is 2.31. The van der Waals surface area contributed by atoms with Crippen molar-refractivity contribution in [1.29, 1.82) is 0 Å². The Bertz CT molecular complexity index is 404. The highest BCUT2D eigenvalue weighted by atomic mass is 16.5. The summed E-state index contributed by atoms with van der Waals surface area (Å²) in [6.07, 6.45) is 8.87. The van der Waals surface area contributed by atoms with Crippen LogP contribution in [0.5, 0.6) is 0 Å². The van der Waals surface area contributed by atoms with Crippen LogP contribution in [0.25, 0.3) is 0 Å². The van der Waals surface area contributed by atoms with E-state index in [2.05, 4.69) is 4.99 Å². The number of fused-ring (bicyclic) bond motifs is 1. The molecular formula is C11H11NO3. The van der Waals surface area contributed by atoms with Gasteiger partial charge in [-0.2, -0.15) is 0 Å². The summed E-state index contributed by atoms with van der Waals surface area (Å²) in [7, 11) is 1.59. The molecule has 4 nitrogen and oxygen atoms in total. The Hall–Kier alpha value is -1.84. The van der Waals surface area contributed by atoms with Gasteiger partial charge in [-0.25, -0.2) is 4.79 Å². The molecule has 0 aromatic rings. The molecule has 0 bridgehead atoms. The second-order valence-electron chi connectivity index (χ2n) is 3.37. The molecule has 1 unspecified atom stereocenters. The number of methoxy groups -OCH3 is 1. The first-order chi connectivity index (χ1) is 7.24. The smallest absolute Gasteiger partial charge is 0.350 e. The lowest BCUT2D eigenvalue weighted by Crippen LogP contribution is -2.32. The van der Waals surface area contributed by atoms with Gasteiger partial charge in [-0.1, -0.05) is 18.2 Å². The Balaban J connectivity index is 2.35. The first-order valence-electron chi connectivity index (χ1n) is 4.64. The largest absolute Gasteiger partial charge is 0.500 e. The molecule has 0 radical (unpaired) electrons.